The third-order valence-electron chi connectivity index (χ3n) is 3.01. The summed E-state index contributed by atoms with van der Waals surface area (Å²) in [5.41, 5.74) is 1.86. The lowest BCUT2D eigenvalue weighted by molar-refractivity contribution is 0.468. The smallest absolute Gasteiger partial charge is 0.143 e. The number of benzene rings is 2. The molecule has 0 bridgehead atoms. The van der Waals surface area contributed by atoms with Crippen molar-refractivity contribution in [2.45, 2.75) is 13.5 Å². The van der Waals surface area contributed by atoms with Crippen LogP contribution in [0.4, 0.5) is 10.1 Å². The van der Waals surface area contributed by atoms with Crippen molar-refractivity contribution in [1.82, 2.24) is 0 Å². The zero-order chi connectivity index (χ0) is 14.7. The molecule has 0 aliphatic heterocycles. The summed E-state index contributed by atoms with van der Waals surface area (Å²) in [7, 11) is 0. The van der Waals surface area contributed by atoms with Crippen molar-refractivity contribution in [3.63, 3.8) is 0 Å². The molecule has 0 spiro atoms. The molecule has 0 amide bonds. The number of nitrogens with zero attached hydrogens (tertiary/aromatic N) is 1. The highest BCUT2D eigenvalue weighted by Crippen LogP contribution is 2.34. The molecule has 0 saturated heterocycles. The summed E-state index contributed by atoms with van der Waals surface area (Å²) < 4.78 is 14.6. The Hall–Kier alpha value is -1.07. The summed E-state index contributed by atoms with van der Waals surface area (Å²) in [4.78, 5) is 2.06. The first kappa shape index (κ1) is 15.3. The Morgan fingerprint density at radius 2 is 1.80 bits per heavy atom. The number of aromatic hydroxyl groups is 1. The van der Waals surface area contributed by atoms with E-state index >= 15 is 0 Å². The van der Waals surface area contributed by atoms with Gasteiger partial charge in [0.1, 0.15) is 11.6 Å². The Labute approximate surface area is 134 Å². The second kappa shape index (κ2) is 6.59. The number of phenols is 1. The molecule has 0 fully saturated rings. The van der Waals surface area contributed by atoms with E-state index in [0.717, 1.165) is 17.8 Å². The van der Waals surface area contributed by atoms with E-state index in [1.807, 2.05) is 25.1 Å². The van der Waals surface area contributed by atoms with E-state index in [1.54, 1.807) is 6.07 Å². The molecular formula is C15H14Br2FNO. The van der Waals surface area contributed by atoms with Gasteiger partial charge in [-0.1, -0.05) is 6.07 Å². The largest absolute Gasteiger partial charge is 0.506 e. The van der Waals surface area contributed by atoms with Gasteiger partial charge >= 0.3 is 0 Å². The minimum Gasteiger partial charge on any atom is -0.506 e. The van der Waals surface area contributed by atoms with Gasteiger partial charge in [-0.05, 0) is 74.7 Å². The Bertz CT molecular complexity index is 596. The lowest BCUT2D eigenvalue weighted by Crippen LogP contribution is -2.22. The highest BCUT2D eigenvalue weighted by molar-refractivity contribution is 9.11. The topological polar surface area (TPSA) is 23.5 Å². The standard InChI is InChI=1S/C15H14Br2FNO/c1-2-19(12-5-3-4-11(18)8-12)9-10-6-13(16)15(20)14(17)7-10/h3-8,20H,2,9H2,1H3. The molecule has 0 heterocycles. The van der Waals surface area contributed by atoms with Crippen LogP contribution < -0.4 is 4.90 Å². The van der Waals surface area contributed by atoms with Crippen LogP contribution in [0.3, 0.4) is 0 Å². The van der Waals surface area contributed by atoms with Gasteiger partial charge in [0.05, 0.1) is 8.95 Å². The molecule has 2 rings (SSSR count). The number of rotatable bonds is 4. The molecule has 0 aliphatic rings. The van der Waals surface area contributed by atoms with Gasteiger partial charge in [-0.3, -0.25) is 0 Å². The van der Waals surface area contributed by atoms with Crippen LogP contribution in [0, 0.1) is 5.82 Å². The van der Waals surface area contributed by atoms with Crippen molar-refractivity contribution in [2.24, 2.45) is 0 Å². The summed E-state index contributed by atoms with van der Waals surface area (Å²) in [5, 5.41) is 9.72. The van der Waals surface area contributed by atoms with E-state index in [1.165, 1.54) is 12.1 Å². The monoisotopic (exact) mass is 401 g/mol. The predicted octanol–water partition coefficient (Wildman–Crippen LogP) is 5.08. The van der Waals surface area contributed by atoms with E-state index in [-0.39, 0.29) is 11.6 Å². The van der Waals surface area contributed by atoms with Gasteiger partial charge < -0.3 is 10.0 Å². The zero-order valence-corrected chi connectivity index (χ0v) is 14.1. The first-order valence-electron chi connectivity index (χ1n) is 6.18. The third kappa shape index (κ3) is 3.52. The molecule has 0 atom stereocenters. The fraction of sp³-hybridized carbons (Fsp3) is 0.200. The summed E-state index contributed by atoms with van der Waals surface area (Å²) in [6.07, 6.45) is 0. The average Bonchev–Trinajstić information content (AvgIpc) is 2.42. The van der Waals surface area contributed by atoms with Crippen molar-refractivity contribution in [2.75, 3.05) is 11.4 Å². The van der Waals surface area contributed by atoms with E-state index < -0.39 is 0 Å². The number of phenolic OH excluding ortho intramolecular Hbond substituents is 1. The predicted molar refractivity (Wildman–Crippen MR) is 86.6 cm³/mol. The van der Waals surface area contributed by atoms with Crippen molar-refractivity contribution >= 4 is 37.5 Å². The van der Waals surface area contributed by atoms with Gasteiger partial charge in [-0.2, -0.15) is 0 Å². The van der Waals surface area contributed by atoms with E-state index in [4.69, 9.17) is 0 Å². The SMILES string of the molecule is CCN(Cc1cc(Br)c(O)c(Br)c1)c1cccc(F)c1. The van der Waals surface area contributed by atoms with Crippen molar-refractivity contribution in [1.29, 1.82) is 0 Å². The summed E-state index contributed by atoms with van der Waals surface area (Å²) in [6.45, 7) is 3.42. The molecule has 20 heavy (non-hydrogen) atoms. The van der Waals surface area contributed by atoms with Crippen LogP contribution in [0.15, 0.2) is 45.3 Å². The van der Waals surface area contributed by atoms with Crippen LogP contribution in [0.5, 0.6) is 5.75 Å². The van der Waals surface area contributed by atoms with Gasteiger partial charge in [0.15, 0.2) is 0 Å². The Balaban J connectivity index is 2.27. The number of hydrogen-bond acceptors (Lipinski definition) is 2. The Morgan fingerprint density at radius 3 is 2.35 bits per heavy atom. The van der Waals surface area contributed by atoms with Gasteiger partial charge in [-0.25, -0.2) is 4.39 Å². The van der Waals surface area contributed by atoms with Crippen molar-refractivity contribution in [3.05, 3.63) is 56.7 Å². The molecule has 1 N–H and O–H groups in total. The maximum atomic E-state index is 13.3. The summed E-state index contributed by atoms with van der Waals surface area (Å²) in [5.74, 6) is -0.0587. The first-order chi connectivity index (χ1) is 9.51. The second-order valence-electron chi connectivity index (χ2n) is 4.40. The second-order valence-corrected chi connectivity index (χ2v) is 6.11. The van der Waals surface area contributed by atoms with E-state index in [9.17, 15) is 9.50 Å². The third-order valence-corrected chi connectivity index (χ3v) is 4.21. The first-order valence-corrected chi connectivity index (χ1v) is 7.77. The number of hydrogen-bond donors (Lipinski definition) is 1. The van der Waals surface area contributed by atoms with E-state index in [0.29, 0.717) is 15.5 Å². The normalized spacial score (nSPS) is 10.6. The van der Waals surface area contributed by atoms with Crippen LogP contribution in [-0.4, -0.2) is 11.7 Å². The van der Waals surface area contributed by atoms with Crippen LogP contribution in [0.1, 0.15) is 12.5 Å². The molecule has 2 aromatic rings. The van der Waals surface area contributed by atoms with Crippen LogP contribution in [-0.2, 0) is 6.54 Å². The molecule has 106 valence electrons. The molecule has 0 radical (unpaired) electrons. The Morgan fingerprint density at radius 1 is 1.15 bits per heavy atom. The molecule has 0 saturated carbocycles. The van der Waals surface area contributed by atoms with Crippen molar-refractivity contribution < 1.29 is 9.50 Å². The van der Waals surface area contributed by atoms with Crippen LogP contribution in [0.25, 0.3) is 0 Å². The minimum absolute atomic E-state index is 0.183. The summed E-state index contributed by atoms with van der Waals surface area (Å²) in [6, 6.07) is 10.3. The minimum atomic E-state index is -0.242. The molecular weight excluding hydrogens is 389 g/mol. The lowest BCUT2D eigenvalue weighted by atomic mass is 10.2. The number of halogens is 3. The highest BCUT2D eigenvalue weighted by Gasteiger charge is 2.10. The molecule has 0 unspecified atom stereocenters. The van der Waals surface area contributed by atoms with E-state index in [2.05, 4.69) is 36.8 Å². The van der Waals surface area contributed by atoms with Gasteiger partial charge in [0, 0.05) is 18.8 Å². The molecule has 2 nitrogen and oxygen atoms in total. The maximum Gasteiger partial charge on any atom is 0.143 e. The van der Waals surface area contributed by atoms with Crippen LogP contribution >= 0.6 is 31.9 Å². The lowest BCUT2D eigenvalue weighted by Gasteiger charge is -2.23. The fourth-order valence-electron chi connectivity index (χ4n) is 1.99. The van der Waals surface area contributed by atoms with Gasteiger partial charge in [0.25, 0.3) is 0 Å². The zero-order valence-electron chi connectivity index (χ0n) is 10.9. The average molecular weight is 403 g/mol. The van der Waals surface area contributed by atoms with Gasteiger partial charge in [0.2, 0.25) is 0 Å². The fourth-order valence-corrected chi connectivity index (χ4v) is 3.27. The van der Waals surface area contributed by atoms with Crippen LogP contribution in [0.2, 0.25) is 0 Å². The summed E-state index contributed by atoms with van der Waals surface area (Å²) >= 11 is 6.64. The maximum absolute atomic E-state index is 13.3. The molecule has 5 heteroatoms. The quantitative estimate of drug-likeness (QED) is 0.770. The molecule has 2 aromatic carbocycles. The highest BCUT2D eigenvalue weighted by atomic mass is 79.9. The molecule has 0 aromatic heterocycles. The molecule has 0 aliphatic carbocycles. The number of anilines is 1. The van der Waals surface area contributed by atoms with Crippen molar-refractivity contribution in [3.8, 4) is 5.75 Å². The van der Waals surface area contributed by atoms with Gasteiger partial charge in [-0.15, -0.1) is 0 Å². The Kier molecular flexibility index (Phi) is 5.05.